The number of hydrogen-bond donors (Lipinski definition) is 2. The number of phenols is 2. The summed E-state index contributed by atoms with van der Waals surface area (Å²) >= 11 is 0. The largest absolute Gasteiger partial charge is 0.661 e. The Kier molecular flexibility index (Phi) is 19.7. The summed E-state index contributed by atoms with van der Waals surface area (Å²) in [7, 11) is 0. The van der Waals surface area contributed by atoms with Crippen LogP contribution in [-0.4, -0.2) is 29.1 Å². The van der Waals surface area contributed by atoms with Crippen molar-refractivity contribution in [2.24, 2.45) is 4.99 Å². The van der Waals surface area contributed by atoms with Gasteiger partial charge in [0.1, 0.15) is 11.5 Å². The minimum absolute atomic E-state index is 0. The average molecular weight is 795 g/mol. The second-order valence-electron chi connectivity index (χ2n) is 11.9. The van der Waals surface area contributed by atoms with Crippen LogP contribution in [0.2, 0.25) is 0 Å². The molecule has 260 valence electrons. The van der Waals surface area contributed by atoms with Crippen LogP contribution in [0.5, 0.6) is 11.5 Å². The first kappa shape index (κ1) is 42.2. The molecule has 1 fully saturated rings. The zero-order chi connectivity index (χ0) is 34.2. The van der Waals surface area contributed by atoms with E-state index in [0.29, 0.717) is 11.5 Å². The van der Waals surface area contributed by atoms with E-state index in [9.17, 15) is 10.2 Å². The molecule has 5 rings (SSSR count). The Bertz CT molecular complexity index is 1480. The van der Waals surface area contributed by atoms with E-state index in [2.05, 4.69) is 64.1 Å². The van der Waals surface area contributed by atoms with Crippen molar-refractivity contribution < 1.29 is 61.9 Å². The summed E-state index contributed by atoms with van der Waals surface area (Å²) in [5, 5.41) is 23.2. The molecule has 1 saturated heterocycles. The summed E-state index contributed by atoms with van der Waals surface area (Å²) in [6, 6.07) is 23.9. The molecule has 4 aromatic carbocycles. The number of rotatable bonds is 4. The van der Waals surface area contributed by atoms with Crippen molar-refractivity contribution >= 4 is 17.1 Å². The molecule has 0 bridgehead atoms. The van der Waals surface area contributed by atoms with Gasteiger partial charge in [0.2, 0.25) is 0 Å². The van der Waals surface area contributed by atoms with Crippen LogP contribution in [0.3, 0.4) is 0 Å². The zero-order valence-electron chi connectivity index (χ0n) is 29.8. The van der Waals surface area contributed by atoms with Crippen molar-refractivity contribution in [3.05, 3.63) is 134 Å². The molecule has 6 heteroatoms. The van der Waals surface area contributed by atoms with Crippen LogP contribution in [-0.2, 0) is 4.74 Å². The van der Waals surface area contributed by atoms with Gasteiger partial charge in [-0.2, -0.15) is 5.70 Å². The summed E-state index contributed by atoms with van der Waals surface area (Å²) in [6.07, 6.45) is 4.60. The number of phenolic OH excluding ortho intramolecular Hbond substituents is 2. The fourth-order valence-corrected chi connectivity index (χ4v) is 4.81. The maximum Gasteiger partial charge on any atom is 0.121 e. The van der Waals surface area contributed by atoms with Crippen LogP contribution < -0.4 is 0 Å². The van der Waals surface area contributed by atoms with Crippen LogP contribution in [0.1, 0.15) is 71.2 Å². The Morgan fingerprint density at radius 1 is 0.596 bits per heavy atom. The number of aliphatic imine (C=N–C) groups is 1. The van der Waals surface area contributed by atoms with Crippen molar-refractivity contribution in [1.82, 2.24) is 0 Å². The summed E-state index contributed by atoms with van der Waals surface area (Å²) in [6.45, 7) is 22.0. The summed E-state index contributed by atoms with van der Waals surface area (Å²) in [5.41, 5.74) is 12.6. The Balaban J connectivity index is 0.000000374. The number of aromatic hydroxyl groups is 2. The molecule has 1 heterocycles. The molecule has 0 radical (unpaired) electrons. The van der Waals surface area contributed by atoms with E-state index in [-0.39, 0.29) is 46.9 Å². The van der Waals surface area contributed by atoms with E-state index in [4.69, 9.17) is 15.0 Å². The van der Waals surface area contributed by atoms with Gasteiger partial charge < -0.3 is 20.3 Å². The smallest absolute Gasteiger partial charge is 0.121 e. The SMILES string of the molecule is C1CCOC1.CC(/C=C(/C)[N-]c1c(C)cccc1C)=Nc1c(C)cccc1C.Cc1cccc(C)c1O.Cc1cccc(C)c1O.[Yb]. The molecular weight excluding hydrogens is 742 g/mol. The van der Waals surface area contributed by atoms with Crippen molar-refractivity contribution in [2.45, 2.75) is 82.1 Å². The minimum Gasteiger partial charge on any atom is -0.661 e. The number of para-hydroxylation sites is 4. The molecular formula is C41H53N2O3Yb-. The Morgan fingerprint density at radius 2 is 0.936 bits per heavy atom. The minimum atomic E-state index is 0. The number of aryl methyl sites for hydroxylation is 8. The Morgan fingerprint density at radius 3 is 1.26 bits per heavy atom. The van der Waals surface area contributed by atoms with Crippen molar-refractivity contribution in [3.8, 4) is 11.5 Å². The molecule has 2 N–H and O–H groups in total. The number of ether oxygens (including phenoxy) is 1. The molecule has 1 aliphatic heterocycles. The zero-order valence-corrected chi connectivity index (χ0v) is 31.5. The van der Waals surface area contributed by atoms with Crippen LogP contribution in [0.25, 0.3) is 5.32 Å². The van der Waals surface area contributed by atoms with E-state index >= 15 is 0 Å². The molecule has 5 nitrogen and oxygen atoms in total. The average Bonchev–Trinajstić information content (AvgIpc) is 3.60. The second-order valence-corrected chi connectivity index (χ2v) is 11.9. The third kappa shape index (κ3) is 14.9. The van der Waals surface area contributed by atoms with Crippen LogP contribution in [0.4, 0.5) is 11.4 Å². The van der Waals surface area contributed by atoms with E-state index in [1.54, 1.807) is 0 Å². The molecule has 0 spiro atoms. The van der Waals surface area contributed by atoms with Gasteiger partial charge >= 0.3 is 0 Å². The van der Waals surface area contributed by atoms with Gasteiger partial charge in [-0.3, -0.25) is 4.99 Å². The van der Waals surface area contributed by atoms with Gasteiger partial charge in [-0.1, -0.05) is 96.9 Å². The number of benzene rings is 4. The summed E-state index contributed by atoms with van der Waals surface area (Å²) in [5.74, 6) is 0.829. The molecule has 0 unspecified atom stereocenters. The summed E-state index contributed by atoms with van der Waals surface area (Å²) < 4.78 is 4.94. The van der Waals surface area contributed by atoms with Crippen LogP contribution >= 0.6 is 0 Å². The van der Waals surface area contributed by atoms with E-state index in [0.717, 1.165) is 58.3 Å². The molecule has 0 amide bonds. The van der Waals surface area contributed by atoms with Crippen LogP contribution in [0, 0.1) is 102 Å². The van der Waals surface area contributed by atoms with Gasteiger partial charge in [0.15, 0.2) is 0 Å². The quantitative estimate of drug-likeness (QED) is 0.202. The summed E-state index contributed by atoms with van der Waals surface area (Å²) in [4.78, 5) is 4.76. The Hall–Kier alpha value is -2.83. The molecule has 0 saturated carbocycles. The molecule has 0 atom stereocenters. The third-order valence-corrected chi connectivity index (χ3v) is 7.58. The second kappa shape index (κ2) is 21.9. The standard InChI is InChI=1S/C21H25N2.2C8H10O.C4H8O.Yb/c1-14-9-7-10-15(2)20(14)22-18(5)13-19(6)23-21-16(3)11-8-12-17(21)4;2*1-6-4-3-5-7(2)8(6)9;1-2-4-5-3-1;/h7-13H,1-6H3;2*3-5,9H,1-2H3;1-4H2;/q-1;;;;/b18-13-,23-19?;;;;. The molecule has 0 aliphatic carbocycles. The molecule has 47 heavy (non-hydrogen) atoms. The van der Waals surface area contributed by atoms with Gasteiger partial charge in [0.05, 0.1) is 5.69 Å². The van der Waals surface area contributed by atoms with Crippen molar-refractivity contribution in [2.75, 3.05) is 13.2 Å². The predicted octanol–water partition coefficient (Wildman–Crippen LogP) is 11.4. The topological polar surface area (TPSA) is 76.2 Å². The number of allylic oxidation sites excluding steroid dienone is 2. The maximum absolute atomic E-state index is 9.21. The van der Waals surface area contributed by atoms with Crippen LogP contribution in [0.15, 0.2) is 89.6 Å². The van der Waals surface area contributed by atoms with Crippen molar-refractivity contribution in [3.63, 3.8) is 0 Å². The van der Waals surface area contributed by atoms with Gasteiger partial charge in [-0.15, -0.1) is 5.69 Å². The van der Waals surface area contributed by atoms with Gasteiger partial charge in [-0.25, -0.2) is 0 Å². The first-order valence-electron chi connectivity index (χ1n) is 16.0. The van der Waals surface area contributed by atoms with Gasteiger partial charge in [-0.05, 0) is 109 Å². The predicted molar refractivity (Wildman–Crippen MR) is 197 cm³/mol. The van der Waals surface area contributed by atoms with Crippen molar-refractivity contribution in [1.29, 1.82) is 0 Å². The fraction of sp³-hybridized carbons (Fsp3) is 0.341. The number of hydrogen-bond acceptors (Lipinski definition) is 4. The molecule has 4 aromatic rings. The normalized spacial score (nSPS) is 12.3. The Labute approximate surface area is 322 Å². The van der Waals surface area contributed by atoms with Gasteiger partial charge in [0, 0.05) is 65.8 Å². The third-order valence-electron chi connectivity index (χ3n) is 7.58. The molecule has 0 aromatic heterocycles. The van der Waals surface area contributed by atoms with Gasteiger partial charge in [0.25, 0.3) is 0 Å². The monoisotopic (exact) mass is 795 g/mol. The fourth-order valence-electron chi connectivity index (χ4n) is 4.81. The first-order chi connectivity index (χ1) is 21.8. The first-order valence-corrected chi connectivity index (χ1v) is 16.0. The molecule has 1 aliphatic rings. The van der Waals surface area contributed by atoms with E-state index in [1.165, 1.54) is 35.1 Å². The number of nitrogens with zero attached hydrogens (tertiary/aromatic N) is 2. The van der Waals surface area contributed by atoms with E-state index in [1.807, 2.05) is 84.0 Å². The maximum atomic E-state index is 9.21. The van der Waals surface area contributed by atoms with E-state index < -0.39 is 0 Å².